The van der Waals surface area contributed by atoms with E-state index in [4.69, 9.17) is 0 Å². The van der Waals surface area contributed by atoms with Crippen LogP contribution in [0.1, 0.15) is 373 Å². The molecule has 0 bridgehead atoms. The summed E-state index contributed by atoms with van der Waals surface area (Å²) in [7, 11) is 0. The molecule has 0 aliphatic carbocycles. The van der Waals surface area contributed by atoms with Crippen molar-refractivity contribution in [3.05, 3.63) is 11.6 Å². The first-order chi connectivity index (χ1) is 30.2. The highest BCUT2D eigenvalue weighted by Gasteiger charge is 2.11. The second kappa shape index (κ2) is 69.8. The highest BCUT2D eigenvalue weighted by atomic mass is 14.2. The lowest BCUT2D eigenvalue weighted by Crippen LogP contribution is -2.04. The van der Waals surface area contributed by atoms with Gasteiger partial charge in [0, 0.05) is 0 Å². The van der Waals surface area contributed by atoms with Crippen LogP contribution in [0.25, 0.3) is 0 Å². The normalized spacial score (nSPS) is 11.1. The molecule has 0 aromatic heterocycles. The molecule has 0 aliphatic heterocycles. The van der Waals surface area contributed by atoms with Crippen molar-refractivity contribution in [2.45, 2.75) is 373 Å². The van der Waals surface area contributed by atoms with Gasteiger partial charge in [-0.2, -0.15) is 0 Å². The van der Waals surface area contributed by atoms with Crippen molar-refractivity contribution in [1.29, 1.82) is 0 Å². The predicted molar refractivity (Wildman–Crippen MR) is 297 cm³/mol. The summed E-state index contributed by atoms with van der Waals surface area (Å²) in [5.74, 6) is 2.80. The summed E-state index contributed by atoms with van der Waals surface area (Å²) in [6.45, 7) is 31.8. The summed E-state index contributed by atoms with van der Waals surface area (Å²) < 4.78 is 0. The Morgan fingerprint density at radius 3 is 0.790 bits per heavy atom. The third kappa shape index (κ3) is 77.0. The molecule has 0 aromatic rings. The average molecular weight is 878 g/mol. The van der Waals surface area contributed by atoms with Gasteiger partial charge in [0.1, 0.15) is 0 Å². The Hall–Kier alpha value is -0.260. The summed E-state index contributed by atoms with van der Waals surface area (Å²) in [6, 6.07) is 0. The maximum atomic E-state index is 2.46. The Labute approximate surface area is 400 Å². The zero-order chi connectivity index (χ0) is 47.4. The second-order valence-corrected chi connectivity index (χ2v) is 20.3. The van der Waals surface area contributed by atoms with E-state index < -0.39 is 0 Å². The van der Waals surface area contributed by atoms with E-state index >= 15 is 0 Å². The molecule has 0 nitrogen and oxygen atoms in total. The van der Waals surface area contributed by atoms with Gasteiger partial charge in [0.05, 0.1) is 0 Å². The van der Waals surface area contributed by atoms with E-state index in [0.717, 1.165) is 17.8 Å². The Morgan fingerprint density at radius 1 is 0.306 bits per heavy atom. The van der Waals surface area contributed by atoms with Gasteiger partial charge >= 0.3 is 0 Å². The first-order valence-electron chi connectivity index (χ1n) is 29.8. The van der Waals surface area contributed by atoms with Gasteiger partial charge in [-0.05, 0) is 43.9 Å². The zero-order valence-corrected chi connectivity index (χ0v) is 47.2. The molecule has 380 valence electrons. The first kappa shape index (κ1) is 70.8. The molecule has 62 heavy (non-hydrogen) atoms. The molecule has 0 aromatic carbocycles. The topological polar surface area (TPSA) is 0 Å². The average Bonchev–Trinajstić information content (AvgIpc) is 3.28. The van der Waals surface area contributed by atoms with Crippen LogP contribution in [0.15, 0.2) is 11.6 Å². The maximum Gasteiger partial charge on any atom is -0.0292 e. The Balaban J connectivity index is -0.000000266. The van der Waals surface area contributed by atoms with E-state index in [0.29, 0.717) is 0 Å². The van der Waals surface area contributed by atoms with Gasteiger partial charge in [-0.1, -0.05) is 358 Å². The van der Waals surface area contributed by atoms with Crippen LogP contribution in [0.5, 0.6) is 0 Å². The van der Waals surface area contributed by atoms with E-state index in [2.05, 4.69) is 103 Å². The zero-order valence-electron chi connectivity index (χ0n) is 47.2. The summed E-state index contributed by atoms with van der Waals surface area (Å²) >= 11 is 0. The molecule has 0 saturated carbocycles. The fourth-order valence-electron chi connectivity index (χ4n) is 8.00. The van der Waals surface area contributed by atoms with Crippen molar-refractivity contribution >= 4 is 0 Å². The predicted octanol–water partition coefficient (Wildman–Crippen LogP) is 24.8. The van der Waals surface area contributed by atoms with Crippen molar-refractivity contribution in [1.82, 2.24) is 0 Å². The van der Waals surface area contributed by atoms with Gasteiger partial charge < -0.3 is 0 Å². The molecule has 0 unspecified atom stereocenters. The van der Waals surface area contributed by atoms with Crippen LogP contribution < -0.4 is 0 Å². The molecule has 0 rings (SSSR count). The standard InChI is InChI=1S/C29H58.2C11H24.C6H14.C5H12/c1-5-9-12-15-18-21-24-28(8-4)27-29(25-22-19-16-13-10-6-2)26-23-20-17-14-11-7-3;1-4-5-6-7-8-9-10-11(2)3;1-3-5-7-9-11-10-8-6-4-2;1-4-6(3)5-2;1-3-5-4-2/h8,29H,5-7,9-27H2,1-4H3;11H,4-10H2,1-3H3;3-11H2,1-2H3;6H,4-5H2,1-3H3;3-5H2,1-2H3/b28-8-;;;;. The second-order valence-electron chi connectivity index (χ2n) is 20.3. The summed E-state index contributed by atoms with van der Waals surface area (Å²) in [5.41, 5.74) is 1.77. The fraction of sp³-hybridized carbons (Fsp3) is 0.968. The minimum Gasteiger partial charge on any atom is -0.0884 e. The summed E-state index contributed by atoms with van der Waals surface area (Å²) in [4.78, 5) is 0. The maximum absolute atomic E-state index is 2.46. The van der Waals surface area contributed by atoms with Gasteiger partial charge in [0.25, 0.3) is 0 Å². The van der Waals surface area contributed by atoms with E-state index in [-0.39, 0.29) is 0 Å². The molecule has 0 aliphatic rings. The summed E-state index contributed by atoms with van der Waals surface area (Å²) in [5, 5.41) is 0. The summed E-state index contributed by atoms with van der Waals surface area (Å²) in [6.07, 6.45) is 63.8. The van der Waals surface area contributed by atoms with Gasteiger partial charge in [-0.3, -0.25) is 0 Å². The first-order valence-corrected chi connectivity index (χ1v) is 29.8. The molecule has 0 saturated heterocycles. The highest BCUT2D eigenvalue weighted by Crippen LogP contribution is 2.28. The molecule has 0 heteroatoms. The van der Waals surface area contributed by atoms with Gasteiger partial charge in [0.15, 0.2) is 0 Å². The van der Waals surface area contributed by atoms with Gasteiger partial charge in [-0.25, -0.2) is 0 Å². The minimum absolute atomic E-state index is 0.904. The van der Waals surface area contributed by atoms with E-state index in [1.54, 1.807) is 5.57 Å². The minimum atomic E-state index is 0.904. The number of rotatable bonds is 42. The lowest BCUT2D eigenvalue weighted by molar-refractivity contribution is 0.395. The molecule has 0 atom stereocenters. The number of allylic oxidation sites excluding steroid dienone is 2. The number of hydrogen-bond acceptors (Lipinski definition) is 0. The Bertz CT molecular complexity index is 671. The molecule has 0 fully saturated rings. The molecule has 0 spiro atoms. The number of hydrogen-bond donors (Lipinski definition) is 0. The van der Waals surface area contributed by atoms with Crippen LogP contribution in [-0.4, -0.2) is 0 Å². The van der Waals surface area contributed by atoms with Gasteiger partial charge in [0.2, 0.25) is 0 Å². The van der Waals surface area contributed by atoms with E-state index in [1.165, 1.54) is 276 Å². The van der Waals surface area contributed by atoms with Gasteiger partial charge in [-0.15, -0.1) is 0 Å². The molecule has 0 N–H and O–H groups in total. The van der Waals surface area contributed by atoms with Crippen LogP contribution in [-0.2, 0) is 0 Å². The van der Waals surface area contributed by atoms with Crippen LogP contribution in [0, 0.1) is 17.8 Å². The molecular formula is C62H132. The van der Waals surface area contributed by atoms with Crippen molar-refractivity contribution in [3.63, 3.8) is 0 Å². The number of unbranched alkanes of at least 4 members (excludes halogenated alkanes) is 30. The van der Waals surface area contributed by atoms with Crippen LogP contribution in [0.2, 0.25) is 0 Å². The smallest absolute Gasteiger partial charge is 0.0292 e. The third-order valence-electron chi connectivity index (χ3n) is 13.2. The monoisotopic (exact) mass is 877 g/mol. The lowest BCUT2D eigenvalue weighted by Gasteiger charge is -2.19. The van der Waals surface area contributed by atoms with Crippen molar-refractivity contribution in [3.8, 4) is 0 Å². The Kier molecular flexibility index (Phi) is 79.6. The fourth-order valence-corrected chi connectivity index (χ4v) is 8.00. The lowest BCUT2D eigenvalue weighted by atomic mass is 9.87. The van der Waals surface area contributed by atoms with Crippen molar-refractivity contribution < 1.29 is 0 Å². The molecular weight excluding hydrogens is 745 g/mol. The molecule has 0 amide bonds. The van der Waals surface area contributed by atoms with Crippen molar-refractivity contribution in [2.24, 2.45) is 17.8 Å². The van der Waals surface area contributed by atoms with Crippen LogP contribution in [0.4, 0.5) is 0 Å². The third-order valence-corrected chi connectivity index (χ3v) is 13.2. The Morgan fingerprint density at radius 2 is 0.565 bits per heavy atom. The van der Waals surface area contributed by atoms with Crippen molar-refractivity contribution in [2.75, 3.05) is 0 Å². The largest absolute Gasteiger partial charge is 0.0884 e. The SMILES string of the molecule is C/C=C(/CCCCCCCC)CC(CCCCCCCC)CCCCCCCC.CCC(C)CC.CCCCC.CCCCCCCCC(C)C.CCCCCCCCCCC. The van der Waals surface area contributed by atoms with E-state index in [1.807, 2.05) is 0 Å². The van der Waals surface area contributed by atoms with Crippen LogP contribution >= 0.6 is 0 Å². The highest BCUT2D eigenvalue weighted by molar-refractivity contribution is 5.01. The van der Waals surface area contributed by atoms with E-state index in [9.17, 15) is 0 Å². The quantitative estimate of drug-likeness (QED) is 0.0423. The molecule has 0 heterocycles. The van der Waals surface area contributed by atoms with Crippen LogP contribution in [0.3, 0.4) is 0 Å². The molecule has 0 radical (unpaired) electrons.